The van der Waals surface area contributed by atoms with Crippen molar-refractivity contribution in [1.82, 2.24) is 40.9 Å². The molecule has 4 amide bonds. The number of rotatable bonds is 14. The molecule has 18 heteroatoms. The van der Waals surface area contributed by atoms with Gasteiger partial charge in [0.05, 0.1) is 23.7 Å². The molecule has 2 saturated carbocycles. The van der Waals surface area contributed by atoms with Crippen LogP contribution in [0.15, 0.2) is 36.4 Å². The Hall–Kier alpha value is -5.35. The summed E-state index contributed by atoms with van der Waals surface area (Å²) in [5, 5.41) is 21.9. The van der Waals surface area contributed by atoms with Gasteiger partial charge in [-0.15, -0.1) is 0 Å². The van der Waals surface area contributed by atoms with E-state index in [1.165, 1.54) is 49.9 Å². The van der Waals surface area contributed by atoms with Crippen LogP contribution in [-0.4, -0.2) is 159 Å². The van der Waals surface area contributed by atoms with E-state index in [9.17, 15) is 42.8 Å². The maximum Gasteiger partial charge on any atom is 0.245 e. The molecular formula is C57H82F2N10O6. The molecule has 8 rings (SSSR count). The minimum absolute atomic E-state index is 0.0906. The van der Waals surface area contributed by atoms with Crippen molar-refractivity contribution in [2.75, 3.05) is 85.3 Å². The molecule has 2 aromatic rings. The number of likely N-dealkylation sites (tertiary alicyclic amines) is 2. The Labute approximate surface area is 442 Å². The van der Waals surface area contributed by atoms with E-state index in [-0.39, 0.29) is 70.1 Å². The Balaban J connectivity index is 0.000000219. The zero-order valence-electron chi connectivity index (χ0n) is 44.8. The molecule has 410 valence electrons. The third-order valence-corrected chi connectivity index (χ3v) is 17.9. The maximum atomic E-state index is 13.8. The summed E-state index contributed by atoms with van der Waals surface area (Å²) in [6, 6.07) is 7.48. The number of benzene rings is 2. The molecule has 6 N–H and O–H groups in total. The molecule has 0 aromatic heterocycles. The van der Waals surface area contributed by atoms with Crippen LogP contribution < -0.4 is 27.0 Å². The van der Waals surface area contributed by atoms with E-state index in [1.807, 2.05) is 20.2 Å². The summed E-state index contributed by atoms with van der Waals surface area (Å²) in [4.78, 5) is 87.4. The molecule has 2 aliphatic carbocycles. The lowest BCUT2D eigenvalue weighted by Gasteiger charge is -2.47. The normalized spacial score (nSPS) is 23.6. The number of nitriles is 1. The number of ketones is 2. The first-order valence-corrected chi connectivity index (χ1v) is 27.7. The number of piperazine rings is 2. The van der Waals surface area contributed by atoms with E-state index in [0.29, 0.717) is 101 Å². The number of halogens is 2. The quantitative estimate of drug-likeness (QED) is 0.165. The van der Waals surface area contributed by atoms with E-state index in [1.54, 1.807) is 29.7 Å². The predicted molar refractivity (Wildman–Crippen MR) is 283 cm³/mol. The molecule has 0 radical (unpaired) electrons. The van der Waals surface area contributed by atoms with Crippen LogP contribution in [0.2, 0.25) is 0 Å². The van der Waals surface area contributed by atoms with Crippen LogP contribution in [0.25, 0.3) is 0 Å². The lowest BCUT2D eigenvalue weighted by Crippen LogP contribution is -2.60. The Kier molecular flexibility index (Phi) is 20.0. The first kappa shape index (κ1) is 57.4. The number of nitrogens with two attached hydrogens (primary N) is 1. The van der Waals surface area contributed by atoms with Crippen molar-refractivity contribution < 1.29 is 37.5 Å². The third kappa shape index (κ3) is 14.2. The molecule has 75 heavy (non-hydrogen) atoms. The van der Waals surface area contributed by atoms with Gasteiger partial charge in [-0.1, -0.05) is 50.7 Å². The van der Waals surface area contributed by atoms with Gasteiger partial charge in [-0.25, -0.2) is 8.78 Å². The SMILES string of the molecule is CC(=O)C1(C2CCCCC2)CCN(C(=O)C(Cc2ccc(F)cc2C#N)NC(=O)C2CN(C)CCN2)CC1.CC(=O)C1(C2CCCCC2)CCN(C(=O)C(Cc2ccc(F)cc2N)NC(=O)C2CN(C)CCN2)CC1. The summed E-state index contributed by atoms with van der Waals surface area (Å²) in [6.45, 7) is 9.43. The summed E-state index contributed by atoms with van der Waals surface area (Å²) in [6.07, 6.45) is 14.2. The van der Waals surface area contributed by atoms with Crippen LogP contribution in [0.1, 0.15) is 120 Å². The lowest BCUT2D eigenvalue weighted by atomic mass is 9.62. The van der Waals surface area contributed by atoms with Crippen molar-refractivity contribution in [2.24, 2.45) is 22.7 Å². The van der Waals surface area contributed by atoms with Gasteiger partial charge >= 0.3 is 0 Å². The van der Waals surface area contributed by atoms with E-state index >= 15 is 0 Å². The molecule has 6 aliphatic rings. The van der Waals surface area contributed by atoms with E-state index in [2.05, 4.69) is 31.1 Å². The Morgan fingerprint density at radius 2 is 1.04 bits per heavy atom. The number of piperidine rings is 2. The van der Waals surface area contributed by atoms with E-state index in [4.69, 9.17) is 5.73 Å². The van der Waals surface area contributed by atoms with Crippen molar-refractivity contribution >= 4 is 40.9 Å². The second kappa shape index (κ2) is 26.1. The Morgan fingerprint density at radius 1 is 0.640 bits per heavy atom. The lowest BCUT2D eigenvalue weighted by molar-refractivity contribution is -0.144. The monoisotopic (exact) mass is 1040 g/mol. The van der Waals surface area contributed by atoms with Crippen molar-refractivity contribution in [3.8, 4) is 6.07 Å². The van der Waals surface area contributed by atoms with Gasteiger partial charge in [0.1, 0.15) is 35.3 Å². The molecule has 4 unspecified atom stereocenters. The molecule has 4 saturated heterocycles. The number of carbonyl (C=O) groups is 6. The number of Topliss-reactive ketones (excluding diaryl/α,β-unsaturated/α-hetero) is 2. The number of likely N-dealkylation sites (N-methyl/N-ethyl adjacent to an activating group) is 2. The highest BCUT2D eigenvalue weighted by Gasteiger charge is 2.48. The molecular weight excluding hydrogens is 959 g/mol. The molecule has 4 atom stereocenters. The van der Waals surface area contributed by atoms with Gasteiger partial charge in [0, 0.05) is 94.8 Å². The highest BCUT2D eigenvalue weighted by atomic mass is 19.1. The number of amides is 4. The number of nitrogen functional groups attached to an aromatic ring is 1. The second-order valence-corrected chi connectivity index (χ2v) is 22.6. The predicted octanol–water partition coefficient (Wildman–Crippen LogP) is 4.52. The zero-order chi connectivity index (χ0) is 53.9. The first-order chi connectivity index (χ1) is 35.9. The number of hydrogen-bond acceptors (Lipinski definition) is 12. The van der Waals surface area contributed by atoms with E-state index < -0.39 is 35.8 Å². The zero-order valence-corrected chi connectivity index (χ0v) is 44.8. The third-order valence-electron chi connectivity index (χ3n) is 17.9. The van der Waals surface area contributed by atoms with Gasteiger partial charge in [0.2, 0.25) is 23.6 Å². The largest absolute Gasteiger partial charge is 0.398 e. The molecule has 0 spiro atoms. The minimum Gasteiger partial charge on any atom is -0.398 e. The fraction of sp³-hybridized carbons (Fsp3) is 0.667. The van der Waals surface area contributed by atoms with Gasteiger partial charge in [0.25, 0.3) is 0 Å². The second-order valence-electron chi connectivity index (χ2n) is 22.6. The highest BCUT2D eigenvalue weighted by Crippen LogP contribution is 2.48. The van der Waals surface area contributed by atoms with Gasteiger partial charge in [-0.05, 0) is 127 Å². The Bertz CT molecular complexity index is 2390. The summed E-state index contributed by atoms with van der Waals surface area (Å²) in [5.41, 5.74) is 6.87. The fourth-order valence-corrected chi connectivity index (χ4v) is 13.2. The Morgan fingerprint density at radius 3 is 1.43 bits per heavy atom. The summed E-state index contributed by atoms with van der Waals surface area (Å²) >= 11 is 0. The van der Waals surface area contributed by atoms with Crippen LogP contribution in [0.4, 0.5) is 14.5 Å². The number of nitrogens with one attached hydrogen (secondary N) is 4. The van der Waals surface area contributed by atoms with Crippen molar-refractivity contribution in [1.29, 1.82) is 5.26 Å². The molecule has 4 aliphatic heterocycles. The van der Waals surface area contributed by atoms with Crippen molar-refractivity contribution in [3.05, 3.63) is 64.7 Å². The average Bonchev–Trinajstić information content (AvgIpc) is 3.42. The number of anilines is 1. The van der Waals surface area contributed by atoms with Gasteiger partial charge in [0.15, 0.2) is 0 Å². The van der Waals surface area contributed by atoms with Gasteiger partial charge in [-0.3, -0.25) is 28.8 Å². The van der Waals surface area contributed by atoms with Gasteiger partial charge < -0.3 is 46.6 Å². The molecule has 2 aromatic carbocycles. The van der Waals surface area contributed by atoms with Crippen LogP contribution >= 0.6 is 0 Å². The van der Waals surface area contributed by atoms with Crippen LogP contribution in [-0.2, 0) is 41.6 Å². The average molecular weight is 1040 g/mol. The smallest absolute Gasteiger partial charge is 0.245 e. The molecule has 16 nitrogen and oxygen atoms in total. The van der Waals surface area contributed by atoms with Gasteiger partial charge in [-0.2, -0.15) is 5.26 Å². The molecule has 6 fully saturated rings. The summed E-state index contributed by atoms with van der Waals surface area (Å²) in [5.74, 6) is -0.656. The van der Waals surface area contributed by atoms with Crippen molar-refractivity contribution in [2.45, 2.75) is 141 Å². The van der Waals surface area contributed by atoms with Crippen molar-refractivity contribution in [3.63, 3.8) is 0 Å². The summed E-state index contributed by atoms with van der Waals surface area (Å²) in [7, 11) is 3.91. The summed E-state index contributed by atoms with van der Waals surface area (Å²) < 4.78 is 27.4. The van der Waals surface area contributed by atoms with Crippen LogP contribution in [0.3, 0.4) is 0 Å². The van der Waals surface area contributed by atoms with Crippen LogP contribution in [0, 0.1) is 45.6 Å². The van der Waals surface area contributed by atoms with Crippen LogP contribution in [0.5, 0.6) is 0 Å². The standard InChI is InChI=1S/C29H40FN5O3.C28H42FN5O3/c1-20(36)29(23-6-4-3-5-7-23)10-13-35(14-11-29)28(38)25(17-21-8-9-24(30)16-22(21)18-31)33-27(37)26-19-34(2)15-12-32-26;1-19(35)28(21-6-4-3-5-7-21)10-13-34(14-11-28)27(37)24(16-20-8-9-22(29)17-23(20)30)32-26(36)25-18-33(2)15-12-31-25/h8-9,16,23,25-26,32H,3-7,10-15,17,19H2,1-2H3,(H,33,37);8-9,17,21,24-25,31H,3-7,10-16,18,30H2,1-2H3,(H,32,36). The van der Waals surface area contributed by atoms with E-state index in [0.717, 1.165) is 57.7 Å². The molecule has 0 bridgehead atoms. The topological polar surface area (TPSA) is 213 Å². The number of carbonyl (C=O) groups excluding carboxylic acids is 6. The fourth-order valence-electron chi connectivity index (χ4n) is 13.2. The molecule has 4 heterocycles. The minimum atomic E-state index is -0.895. The first-order valence-electron chi connectivity index (χ1n) is 27.7. The highest BCUT2D eigenvalue weighted by molar-refractivity contribution is 5.92. The maximum absolute atomic E-state index is 13.8. The number of hydrogen-bond donors (Lipinski definition) is 5. The number of nitrogens with zero attached hydrogens (tertiary/aromatic N) is 5.